The number of rotatable bonds is 5. The molecule has 0 unspecified atom stereocenters. The second kappa shape index (κ2) is 9.19. The van der Waals surface area contributed by atoms with Gasteiger partial charge in [-0.2, -0.15) is 0 Å². The van der Waals surface area contributed by atoms with Crippen molar-refractivity contribution in [1.82, 2.24) is 9.97 Å². The van der Waals surface area contributed by atoms with Gasteiger partial charge >= 0.3 is 0 Å². The maximum absolute atomic E-state index is 13.4. The molecule has 0 saturated heterocycles. The van der Waals surface area contributed by atoms with Gasteiger partial charge in [0.15, 0.2) is 5.82 Å². The number of hydrogen-bond acceptors (Lipinski definition) is 6. The van der Waals surface area contributed by atoms with Crippen molar-refractivity contribution in [2.45, 2.75) is 17.7 Å². The number of aromatic nitrogens is 2. The summed E-state index contributed by atoms with van der Waals surface area (Å²) < 4.78 is 28.3. The van der Waals surface area contributed by atoms with Gasteiger partial charge in [-0.1, -0.05) is 36.4 Å². The van der Waals surface area contributed by atoms with E-state index in [-0.39, 0.29) is 16.2 Å². The summed E-state index contributed by atoms with van der Waals surface area (Å²) in [6.07, 6.45) is 4.47. The van der Waals surface area contributed by atoms with E-state index in [2.05, 4.69) is 15.3 Å². The average molecular weight is 487 g/mol. The zero-order valence-corrected chi connectivity index (χ0v) is 19.4. The number of phenolic OH excluding ortho intramolecular Hbond substituents is 1. The lowest BCUT2D eigenvalue weighted by molar-refractivity contribution is 0.102. The smallest absolute Gasteiger partial charge is 0.264 e. The van der Waals surface area contributed by atoms with Crippen molar-refractivity contribution in [3.05, 3.63) is 96.3 Å². The van der Waals surface area contributed by atoms with Crippen molar-refractivity contribution >= 4 is 27.3 Å². The molecule has 1 aliphatic rings. The Bertz CT molecular complexity index is 1500. The number of carbonyl (C=O) groups excluding carboxylic acids is 1. The topological polar surface area (TPSA) is 112 Å². The third-order valence-corrected chi connectivity index (χ3v) is 7.58. The molecular weight excluding hydrogens is 464 g/mol. The fraction of sp³-hybridized carbons (Fsp3) is 0.115. The zero-order valence-electron chi connectivity index (χ0n) is 18.6. The van der Waals surface area contributed by atoms with Crippen LogP contribution in [0.4, 0.5) is 11.4 Å². The van der Waals surface area contributed by atoms with E-state index in [9.17, 15) is 18.3 Å². The minimum atomic E-state index is -3.84. The zero-order chi connectivity index (χ0) is 24.4. The first kappa shape index (κ1) is 22.5. The monoisotopic (exact) mass is 486 g/mol. The van der Waals surface area contributed by atoms with Crippen LogP contribution in [0.15, 0.2) is 90.1 Å². The molecule has 0 fully saturated rings. The molecule has 0 radical (unpaired) electrons. The number of carbonyl (C=O) groups is 1. The number of nitrogens with one attached hydrogen (secondary N) is 1. The number of fused-ring (bicyclic) bond motifs is 1. The van der Waals surface area contributed by atoms with E-state index in [1.807, 2.05) is 24.3 Å². The van der Waals surface area contributed by atoms with E-state index in [0.717, 1.165) is 18.4 Å². The Hall–Kier alpha value is -4.24. The molecule has 0 saturated carbocycles. The summed E-state index contributed by atoms with van der Waals surface area (Å²) in [5, 5.41) is 12.3. The number of nitrogens with zero attached hydrogens (tertiary/aromatic N) is 3. The predicted molar refractivity (Wildman–Crippen MR) is 133 cm³/mol. The molecule has 5 rings (SSSR count). The van der Waals surface area contributed by atoms with Crippen LogP contribution in [-0.2, 0) is 16.4 Å². The van der Waals surface area contributed by atoms with E-state index in [4.69, 9.17) is 0 Å². The van der Waals surface area contributed by atoms with Gasteiger partial charge < -0.3 is 10.4 Å². The summed E-state index contributed by atoms with van der Waals surface area (Å²) >= 11 is 0. The third kappa shape index (κ3) is 4.58. The highest BCUT2D eigenvalue weighted by atomic mass is 32.2. The van der Waals surface area contributed by atoms with Crippen LogP contribution in [0.3, 0.4) is 0 Å². The third-order valence-electron chi connectivity index (χ3n) is 5.77. The molecule has 176 valence electrons. The minimum absolute atomic E-state index is 0.0531. The Morgan fingerprint density at radius 3 is 2.51 bits per heavy atom. The van der Waals surface area contributed by atoms with Crippen LogP contribution in [0.5, 0.6) is 5.75 Å². The van der Waals surface area contributed by atoms with Gasteiger partial charge in [-0.3, -0.25) is 9.10 Å². The van der Waals surface area contributed by atoms with Crippen LogP contribution in [0.1, 0.15) is 22.3 Å². The highest BCUT2D eigenvalue weighted by Gasteiger charge is 2.29. The van der Waals surface area contributed by atoms with Gasteiger partial charge in [0.25, 0.3) is 15.9 Å². The highest BCUT2D eigenvalue weighted by Crippen LogP contribution is 2.32. The van der Waals surface area contributed by atoms with Crippen molar-refractivity contribution in [2.24, 2.45) is 0 Å². The van der Waals surface area contributed by atoms with Crippen LogP contribution in [-0.4, -0.2) is 35.9 Å². The second-order valence-electron chi connectivity index (χ2n) is 8.14. The van der Waals surface area contributed by atoms with Gasteiger partial charge in [-0.25, -0.2) is 18.4 Å². The van der Waals surface area contributed by atoms with Crippen molar-refractivity contribution in [3.8, 4) is 17.1 Å². The number of hydrogen-bond donors (Lipinski definition) is 2. The standard InChI is InChI=1S/C26H22N4O4S/c31-22-10-3-7-19(14-22)25-27-16-21(17-28-25)29-26(32)20-8-4-11-23(15-20)35(33,34)30-13-5-9-18-6-1-2-12-24(18)30/h1-4,6-8,10-12,14-17,31H,5,9,13H2,(H,29,32). The Balaban J connectivity index is 1.36. The van der Waals surface area contributed by atoms with E-state index >= 15 is 0 Å². The fourth-order valence-electron chi connectivity index (χ4n) is 4.06. The van der Waals surface area contributed by atoms with E-state index in [0.29, 0.717) is 29.3 Å². The van der Waals surface area contributed by atoms with Crippen molar-refractivity contribution in [1.29, 1.82) is 0 Å². The number of para-hydroxylation sites is 1. The lowest BCUT2D eigenvalue weighted by Gasteiger charge is -2.30. The lowest BCUT2D eigenvalue weighted by atomic mass is 10.0. The first-order valence-electron chi connectivity index (χ1n) is 11.1. The number of aromatic hydroxyl groups is 1. The molecule has 8 nitrogen and oxygen atoms in total. The molecule has 2 N–H and O–H groups in total. The molecule has 35 heavy (non-hydrogen) atoms. The Morgan fingerprint density at radius 1 is 0.943 bits per heavy atom. The minimum Gasteiger partial charge on any atom is -0.508 e. The molecule has 0 spiro atoms. The maximum Gasteiger partial charge on any atom is 0.264 e. The Morgan fingerprint density at radius 2 is 1.71 bits per heavy atom. The molecule has 1 amide bonds. The van der Waals surface area contributed by atoms with Crippen LogP contribution in [0.25, 0.3) is 11.4 Å². The average Bonchev–Trinajstić information content (AvgIpc) is 2.89. The molecule has 2 heterocycles. The highest BCUT2D eigenvalue weighted by molar-refractivity contribution is 7.92. The van der Waals surface area contributed by atoms with Crippen molar-refractivity contribution < 1.29 is 18.3 Å². The van der Waals surface area contributed by atoms with Gasteiger partial charge in [-0.05, 0) is 54.8 Å². The largest absolute Gasteiger partial charge is 0.508 e. The number of anilines is 2. The van der Waals surface area contributed by atoms with Gasteiger partial charge in [0.05, 0.1) is 28.7 Å². The summed E-state index contributed by atoms with van der Waals surface area (Å²) in [5.74, 6) is 0.0231. The van der Waals surface area contributed by atoms with Gasteiger partial charge in [0.1, 0.15) is 5.75 Å². The normalized spacial score (nSPS) is 13.2. The van der Waals surface area contributed by atoms with Gasteiger partial charge in [0, 0.05) is 17.7 Å². The maximum atomic E-state index is 13.4. The van der Waals surface area contributed by atoms with Crippen LogP contribution < -0.4 is 9.62 Å². The molecular formula is C26H22N4O4S. The van der Waals surface area contributed by atoms with Crippen LogP contribution in [0, 0.1) is 0 Å². The molecule has 0 bridgehead atoms. The molecule has 3 aromatic carbocycles. The number of amides is 1. The molecule has 0 atom stereocenters. The number of benzene rings is 3. The second-order valence-corrected chi connectivity index (χ2v) is 10.00. The summed E-state index contributed by atoms with van der Waals surface area (Å²) in [6, 6.07) is 20.0. The summed E-state index contributed by atoms with van der Waals surface area (Å²) in [4.78, 5) is 21.4. The van der Waals surface area contributed by atoms with E-state index < -0.39 is 15.9 Å². The first-order chi connectivity index (χ1) is 16.9. The number of aryl methyl sites for hydroxylation is 1. The first-order valence-corrected chi connectivity index (χ1v) is 12.5. The summed E-state index contributed by atoms with van der Waals surface area (Å²) in [6.45, 7) is 0.388. The van der Waals surface area contributed by atoms with E-state index in [1.54, 1.807) is 36.4 Å². The molecule has 4 aromatic rings. The molecule has 0 aliphatic carbocycles. The Labute approximate surface area is 203 Å². The molecule has 1 aromatic heterocycles. The fourth-order valence-corrected chi connectivity index (χ4v) is 5.65. The number of phenols is 1. The van der Waals surface area contributed by atoms with Crippen LogP contribution >= 0.6 is 0 Å². The quantitative estimate of drug-likeness (QED) is 0.436. The van der Waals surface area contributed by atoms with Crippen molar-refractivity contribution in [3.63, 3.8) is 0 Å². The summed E-state index contributed by atoms with van der Waals surface area (Å²) in [5.41, 5.74) is 2.87. The van der Waals surface area contributed by atoms with Gasteiger partial charge in [-0.15, -0.1) is 0 Å². The van der Waals surface area contributed by atoms with Crippen molar-refractivity contribution in [2.75, 3.05) is 16.2 Å². The predicted octanol–water partition coefficient (Wildman–Crippen LogP) is 4.24. The Kier molecular flexibility index (Phi) is 5.92. The lowest BCUT2D eigenvalue weighted by Crippen LogP contribution is -2.35. The molecule has 9 heteroatoms. The number of sulfonamides is 1. The van der Waals surface area contributed by atoms with E-state index in [1.165, 1.54) is 28.8 Å². The SMILES string of the molecule is O=C(Nc1cnc(-c2cccc(O)c2)nc1)c1cccc(S(=O)(=O)N2CCCc3ccccc32)c1. The van der Waals surface area contributed by atoms with Crippen LogP contribution in [0.2, 0.25) is 0 Å². The summed E-state index contributed by atoms with van der Waals surface area (Å²) in [7, 11) is -3.84. The van der Waals surface area contributed by atoms with Gasteiger partial charge in [0.2, 0.25) is 0 Å². The molecule has 1 aliphatic heterocycles.